The van der Waals surface area contributed by atoms with Gasteiger partial charge in [-0.2, -0.15) is 0 Å². The Hall–Kier alpha value is -1.33. The predicted octanol–water partition coefficient (Wildman–Crippen LogP) is 2.51. The highest BCUT2D eigenvalue weighted by Gasteiger charge is 2.15. The van der Waals surface area contributed by atoms with Gasteiger partial charge in [0.1, 0.15) is 11.6 Å². The highest BCUT2D eigenvalue weighted by molar-refractivity contribution is 5.85. The van der Waals surface area contributed by atoms with Crippen molar-refractivity contribution in [2.45, 2.75) is 32.7 Å². The van der Waals surface area contributed by atoms with Crippen LogP contribution in [0.5, 0.6) is 5.75 Å². The second kappa shape index (κ2) is 10.4. The summed E-state index contributed by atoms with van der Waals surface area (Å²) in [6, 6.07) is 5.79. The lowest BCUT2D eigenvalue weighted by atomic mass is 10.0. The highest BCUT2D eigenvalue weighted by atomic mass is 35.5. The first kappa shape index (κ1) is 19.7. The van der Waals surface area contributed by atoms with Gasteiger partial charge in [0.15, 0.2) is 0 Å². The third-order valence-electron chi connectivity index (χ3n) is 3.15. The number of ether oxygens (including phenoxy) is 1. The molecule has 0 aliphatic rings. The molecule has 0 heterocycles. The van der Waals surface area contributed by atoms with Crippen molar-refractivity contribution in [3.63, 3.8) is 0 Å². The van der Waals surface area contributed by atoms with Crippen LogP contribution >= 0.6 is 12.4 Å². The van der Waals surface area contributed by atoms with Crippen molar-refractivity contribution >= 4 is 18.3 Å². The fourth-order valence-electron chi connectivity index (χ4n) is 1.56. The number of benzene rings is 1. The summed E-state index contributed by atoms with van der Waals surface area (Å²) in [5, 5.41) is 2.85. The molecule has 21 heavy (non-hydrogen) atoms. The maximum Gasteiger partial charge on any atom is 0.224 e. The SMILES string of the molecule is CC(N)C(C)C(=O)NCCCCOc1ccc(F)cc1.Cl. The van der Waals surface area contributed by atoms with Crippen molar-refractivity contribution in [1.29, 1.82) is 0 Å². The molecule has 2 unspecified atom stereocenters. The standard InChI is InChI=1S/C15H23FN2O2.ClH/c1-11(12(2)17)15(19)18-9-3-4-10-20-14-7-5-13(16)6-8-14;/h5-8,11-12H,3-4,9-10,17H2,1-2H3,(H,18,19);1H. The number of nitrogens with one attached hydrogen (secondary N) is 1. The third-order valence-corrected chi connectivity index (χ3v) is 3.15. The van der Waals surface area contributed by atoms with Gasteiger partial charge in [-0.15, -0.1) is 12.4 Å². The molecule has 4 nitrogen and oxygen atoms in total. The lowest BCUT2D eigenvalue weighted by Gasteiger charge is -2.15. The third kappa shape index (κ3) is 7.87. The van der Waals surface area contributed by atoms with Gasteiger partial charge in [0.05, 0.1) is 6.61 Å². The van der Waals surface area contributed by atoms with Crippen LogP contribution in [0.15, 0.2) is 24.3 Å². The number of halogens is 2. The van der Waals surface area contributed by atoms with Crippen molar-refractivity contribution in [1.82, 2.24) is 5.32 Å². The van der Waals surface area contributed by atoms with E-state index in [1.165, 1.54) is 12.1 Å². The maximum atomic E-state index is 12.7. The van der Waals surface area contributed by atoms with Crippen LogP contribution in [0, 0.1) is 11.7 Å². The van der Waals surface area contributed by atoms with Gasteiger partial charge in [-0.1, -0.05) is 6.92 Å². The normalized spacial score (nSPS) is 13.0. The minimum Gasteiger partial charge on any atom is -0.494 e. The number of unbranched alkanes of at least 4 members (excludes halogenated alkanes) is 1. The average molecular weight is 319 g/mol. The summed E-state index contributed by atoms with van der Waals surface area (Å²) in [6.07, 6.45) is 1.66. The zero-order valence-electron chi connectivity index (χ0n) is 12.5. The van der Waals surface area contributed by atoms with Gasteiger partial charge in [-0.3, -0.25) is 4.79 Å². The highest BCUT2D eigenvalue weighted by Crippen LogP contribution is 2.11. The Balaban J connectivity index is 0.00000400. The van der Waals surface area contributed by atoms with Crippen LogP contribution in [-0.2, 0) is 4.79 Å². The van der Waals surface area contributed by atoms with Gasteiger partial charge in [0.2, 0.25) is 5.91 Å². The van der Waals surface area contributed by atoms with Crippen LogP contribution < -0.4 is 15.8 Å². The molecule has 0 aliphatic carbocycles. The van der Waals surface area contributed by atoms with Gasteiger partial charge < -0.3 is 15.8 Å². The largest absolute Gasteiger partial charge is 0.494 e. The fraction of sp³-hybridized carbons (Fsp3) is 0.533. The number of nitrogens with two attached hydrogens (primary N) is 1. The number of carbonyl (C=O) groups excluding carboxylic acids is 1. The number of hydrogen-bond donors (Lipinski definition) is 2. The summed E-state index contributed by atoms with van der Waals surface area (Å²) in [7, 11) is 0. The van der Waals surface area contributed by atoms with E-state index in [0.717, 1.165) is 12.8 Å². The van der Waals surface area contributed by atoms with E-state index in [9.17, 15) is 9.18 Å². The Bertz CT molecular complexity index is 413. The molecule has 0 spiro atoms. The quantitative estimate of drug-likeness (QED) is 0.724. The maximum absolute atomic E-state index is 12.7. The summed E-state index contributed by atoms with van der Waals surface area (Å²) in [6.45, 7) is 4.80. The minimum absolute atomic E-state index is 0. The summed E-state index contributed by atoms with van der Waals surface area (Å²) in [5.74, 6) is 0.189. The second-order valence-electron chi connectivity index (χ2n) is 4.95. The molecule has 0 aromatic heterocycles. The van der Waals surface area contributed by atoms with Crippen molar-refractivity contribution in [2.75, 3.05) is 13.2 Å². The Labute approximate surface area is 131 Å². The van der Waals surface area contributed by atoms with E-state index in [4.69, 9.17) is 10.5 Å². The van der Waals surface area contributed by atoms with Crippen LogP contribution in [0.3, 0.4) is 0 Å². The summed E-state index contributed by atoms with van der Waals surface area (Å²) in [4.78, 5) is 11.6. The summed E-state index contributed by atoms with van der Waals surface area (Å²) < 4.78 is 18.1. The van der Waals surface area contributed by atoms with Crippen LogP contribution in [0.1, 0.15) is 26.7 Å². The minimum atomic E-state index is -0.275. The van der Waals surface area contributed by atoms with E-state index in [2.05, 4.69) is 5.32 Å². The number of carbonyl (C=O) groups is 1. The van der Waals surface area contributed by atoms with Crippen LogP contribution in [0.2, 0.25) is 0 Å². The van der Waals surface area contributed by atoms with Crippen LogP contribution in [0.4, 0.5) is 4.39 Å². The molecule has 1 aromatic carbocycles. The van der Waals surface area contributed by atoms with Crippen molar-refractivity contribution < 1.29 is 13.9 Å². The smallest absolute Gasteiger partial charge is 0.224 e. The number of amides is 1. The lowest BCUT2D eigenvalue weighted by Crippen LogP contribution is -2.38. The molecular weight excluding hydrogens is 295 g/mol. The van der Waals surface area contributed by atoms with E-state index in [0.29, 0.717) is 18.9 Å². The van der Waals surface area contributed by atoms with E-state index in [1.54, 1.807) is 12.1 Å². The molecule has 0 aliphatic heterocycles. The molecule has 6 heteroatoms. The summed E-state index contributed by atoms with van der Waals surface area (Å²) >= 11 is 0. The molecule has 0 radical (unpaired) electrons. The first-order valence-corrected chi connectivity index (χ1v) is 6.92. The molecule has 1 aromatic rings. The Morgan fingerprint density at radius 1 is 1.29 bits per heavy atom. The first-order valence-electron chi connectivity index (χ1n) is 6.92. The topological polar surface area (TPSA) is 64.4 Å². The number of hydrogen-bond acceptors (Lipinski definition) is 3. The monoisotopic (exact) mass is 318 g/mol. The fourth-order valence-corrected chi connectivity index (χ4v) is 1.56. The Kier molecular flexibility index (Phi) is 9.75. The molecule has 0 bridgehead atoms. The van der Waals surface area contributed by atoms with Crippen LogP contribution in [-0.4, -0.2) is 25.1 Å². The molecule has 2 atom stereocenters. The molecule has 0 fully saturated rings. The van der Waals surface area contributed by atoms with E-state index >= 15 is 0 Å². The van der Waals surface area contributed by atoms with E-state index in [1.807, 2.05) is 13.8 Å². The average Bonchev–Trinajstić information content (AvgIpc) is 2.43. The molecule has 0 saturated carbocycles. The Morgan fingerprint density at radius 3 is 2.48 bits per heavy atom. The molecule has 120 valence electrons. The number of rotatable bonds is 8. The molecule has 0 saturated heterocycles. The molecular formula is C15H24ClFN2O2. The van der Waals surface area contributed by atoms with Crippen LogP contribution in [0.25, 0.3) is 0 Å². The van der Waals surface area contributed by atoms with E-state index < -0.39 is 0 Å². The van der Waals surface area contributed by atoms with Gasteiger partial charge in [-0.05, 0) is 44.0 Å². The molecule has 1 amide bonds. The van der Waals surface area contributed by atoms with Crippen molar-refractivity contribution in [3.05, 3.63) is 30.1 Å². The first-order chi connectivity index (χ1) is 9.50. The van der Waals surface area contributed by atoms with Gasteiger partial charge in [0.25, 0.3) is 0 Å². The van der Waals surface area contributed by atoms with Crippen molar-refractivity contribution in [3.8, 4) is 5.75 Å². The lowest BCUT2D eigenvalue weighted by molar-refractivity contribution is -0.124. The summed E-state index contributed by atoms with van der Waals surface area (Å²) in [5.41, 5.74) is 5.66. The second-order valence-corrected chi connectivity index (χ2v) is 4.95. The van der Waals surface area contributed by atoms with Gasteiger partial charge >= 0.3 is 0 Å². The Morgan fingerprint density at radius 2 is 1.90 bits per heavy atom. The van der Waals surface area contributed by atoms with E-state index in [-0.39, 0.29) is 36.1 Å². The van der Waals surface area contributed by atoms with Gasteiger partial charge in [0, 0.05) is 18.5 Å². The zero-order valence-corrected chi connectivity index (χ0v) is 13.3. The molecule has 3 N–H and O–H groups in total. The molecule has 1 rings (SSSR count). The van der Waals surface area contributed by atoms with Crippen molar-refractivity contribution in [2.24, 2.45) is 11.7 Å². The zero-order chi connectivity index (χ0) is 15.0. The predicted molar refractivity (Wildman–Crippen MR) is 84.2 cm³/mol. The van der Waals surface area contributed by atoms with Gasteiger partial charge in [-0.25, -0.2) is 4.39 Å².